The van der Waals surface area contributed by atoms with Gasteiger partial charge in [-0.3, -0.25) is 9.59 Å². The molecule has 30 heavy (non-hydrogen) atoms. The average molecular weight is 415 g/mol. The second-order valence-corrected chi connectivity index (χ2v) is 7.95. The van der Waals surface area contributed by atoms with Crippen LogP contribution in [0.3, 0.4) is 0 Å². The maximum absolute atomic E-state index is 14.2. The number of methoxy groups -OCH3 is 1. The molecule has 160 valence electrons. The quantitative estimate of drug-likeness (QED) is 0.747. The molecule has 9 heteroatoms. The van der Waals surface area contributed by atoms with E-state index >= 15 is 0 Å². The number of halogens is 1. The topological polar surface area (TPSA) is 80.6 Å². The molecule has 2 aliphatic rings. The van der Waals surface area contributed by atoms with Crippen molar-refractivity contribution in [1.29, 1.82) is 0 Å². The van der Waals surface area contributed by atoms with Gasteiger partial charge in [0.15, 0.2) is 5.69 Å². The van der Waals surface area contributed by atoms with Crippen LogP contribution in [-0.2, 0) is 6.54 Å². The Hall–Kier alpha value is -2.97. The van der Waals surface area contributed by atoms with Crippen LogP contribution in [0.5, 0.6) is 5.75 Å². The smallest absolute Gasteiger partial charge is 0.276 e. The number of hydrogen-bond donors (Lipinski definition) is 0. The minimum Gasteiger partial charge on any atom is -0.497 e. The first kappa shape index (κ1) is 20.3. The number of carbonyl (C=O) groups excluding carboxylic acids is 2. The third-order valence-electron chi connectivity index (χ3n) is 5.84. The molecule has 0 spiro atoms. The van der Waals surface area contributed by atoms with Crippen LogP contribution < -0.4 is 4.74 Å². The normalized spacial score (nSPS) is 21.3. The predicted octanol–water partition coefficient (Wildman–Crippen LogP) is 2.08. The highest BCUT2D eigenvalue weighted by Crippen LogP contribution is 2.26. The fourth-order valence-electron chi connectivity index (χ4n) is 4.22. The first-order chi connectivity index (χ1) is 14.5. The SMILES string of the molecule is COc1ccc(C(=O)N2CC(F)CC2Cn2cc(C(=O)N3CCCC3)nn2)c(C)c1. The van der Waals surface area contributed by atoms with Gasteiger partial charge in [-0.1, -0.05) is 5.21 Å². The molecule has 4 rings (SSSR count). The molecule has 1 aromatic heterocycles. The second-order valence-electron chi connectivity index (χ2n) is 7.95. The molecule has 2 saturated heterocycles. The highest BCUT2D eigenvalue weighted by atomic mass is 19.1. The molecular formula is C21H26FN5O3. The Bertz CT molecular complexity index is 940. The van der Waals surface area contributed by atoms with E-state index in [-0.39, 0.29) is 36.5 Å². The number of likely N-dealkylation sites (tertiary alicyclic amines) is 2. The number of hydrogen-bond acceptors (Lipinski definition) is 5. The Morgan fingerprint density at radius 2 is 2.00 bits per heavy atom. The monoisotopic (exact) mass is 415 g/mol. The number of carbonyl (C=O) groups is 2. The summed E-state index contributed by atoms with van der Waals surface area (Å²) in [4.78, 5) is 28.9. The van der Waals surface area contributed by atoms with Crippen molar-refractivity contribution in [3.05, 3.63) is 41.2 Å². The summed E-state index contributed by atoms with van der Waals surface area (Å²) in [5.41, 5.74) is 1.59. The van der Waals surface area contributed by atoms with Gasteiger partial charge in [-0.25, -0.2) is 9.07 Å². The van der Waals surface area contributed by atoms with Gasteiger partial charge in [-0.15, -0.1) is 5.10 Å². The number of nitrogens with zero attached hydrogens (tertiary/aromatic N) is 5. The van der Waals surface area contributed by atoms with Crippen molar-refractivity contribution in [2.75, 3.05) is 26.7 Å². The van der Waals surface area contributed by atoms with Gasteiger partial charge in [-0.2, -0.15) is 0 Å². The molecule has 1 aromatic carbocycles. The van der Waals surface area contributed by atoms with E-state index in [9.17, 15) is 14.0 Å². The summed E-state index contributed by atoms with van der Waals surface area (Å²) >= 11 is 0. The number of aryl methyl sites for hydroxylation is 1. The van der Waals surface area contributed by atoms with Crippen molar-refractivity contribution in [2.45, 2.75) is 44.9 Å². The summed E-state index contributed by atoms with van der Waals surface area (Å²) in [7, 11) is 1.57. The van der Waals surface area contributed by atoms with Crippen molar-refractivity contribution < 1.29 is 18.7 Å². The van der Waals surface area contributed by atoms with Crippen LogP contribution in [0.4, 0.5) is 4.39 Å². The van der Waals surface area contributed by atoms with Gasteiger partial charge in [0.05, 0.1) is 32.4 Å². The summed E-state index contributed by atoms with van der Waals surface area (Å²) in [6.45, 7) is 3.65. The summed E-state index contributed by atoms with van der Waals surface area (Å²) < 4.78 is 21.0. The van der Waals surface area contributed by atoms with Crippen LogP contribution in [0, 0.1) is 6.92 Å². The molecule has 2 atom stereocenters. The van der Waals surface area contributed by atoms with Gasteiger partial charge >= 0.3 is 0 Å². The molecule has 2 aromatic rings. The Morgan fingerprint density at radius 1 is 1.23 bits per heavy atom. The predicted molar refractivity (Wildman–Crippen MR) is 107 cm³/mol. The Kier molecular flexibility index (Phi) is 5.69. The van der Waals surface area contributed by atoms with E-state index in [1.807, 2.05) is 6.92 Å². The molecular weight excluding hydrogens is 389 g/mol. The molecule has 2 unspecified atom stereocenters. The number of amides is 2. The Morgan fingerprint density at radius 3 is 2.70 bits per heavy atom. The first-order valence-corrected chi connectivity index (χ1v) is 10.3. The zero-order valence-electron chi connectivity index (χ0n) is 17.3. The number of benzene rings is 1. The Labute approximate surface area is 174 Å². The van der Waals surface area contributed by atoms with Crippen molar-refractivity contribution >= 4 is 11.8 Å². The minimum absolute atomic E-state index is 0.0449. The van der Waals surface area contributed by atoms with Crippen LogP contribution in [-0.4, -0.2) is 75.6 Å². The van der Waals surface area contributed by atoms with Gasteiger partial charge in [0.2, 0.25) is 0 Å². The lowest BCUT2D eigenvalue weighted by Crippen LogP contribution is -2.38. The van der Waals surface area contributed by atoms with Crippen molar-refractivity contribution in [1.82, 2.24) is 24.8 Å². The number of rotatable bonds is 5. The molecule has 2 amide bonds. The molecule has 2 fully saturated rings. The number of aromatic nitrogens is 3. The van der Waals surface area contributed by atoms with Gasteiger partial charge < -0.3 is 14.5 Å². The lowest BCUT2D eigenvalue weighted by atomic mass is 10.1. The highest BCUT2D eigenvalue weighted by molar-refractivity contribution is 5.96. The van der Waals surface area contributed by atoms with Crippen molar-refractivity contribution in [2.24, 2.45) is 0 Å². The molecule has 0 N–H and O–H groups in total. The van der Waals surface area contributed by atoms with Gasteiger partial charge in [0.1, 0.15) is 11.9 Å². The summed E-state index contributed by atoms with van der Waals surface area (Å²) in [6, 6.07) is 4.87. The van der Waals surface area contributed by atoms with E-state index in [0.29, 0.717) is 17.9 Å². The van der Waals surface area contributed by atoms with Gasteiger partial charge in [0, 0.05) is 25.1 Å². The molecule has 0 bridgehead atoms. The van der Waals surface area contributed by atoms with Crippen LogP contribution in [0.25, 0.3) is 0 Å². The molecule has 8 nitrogen and oxygen atoms in total. The lowest BCUT2D eigenvalue weighted by Gasteiger charge is -2.25. The van der Waals surface area contributed by atoms with Crippen molar-refractivity contribution in [3.63, 3.8) is 0 Å². The van der Waals surface area contributed by atoms with E-state index in [1.165, 1.54) is 4.68 Å². The summed E-state index contributed by atoms with van der Waals surface area (Å²) in [6.07, 6.45) is 2.74. The van der Waals surface area contributed by atoms with E-state index in [2.05, 4.69) is 10.3 Å². The van der Waals surface area contributed by atoms with Crippen LogP contribution in [0.15, 0.2) is 24.4 Å². The van der Waals surface area contributed by atoms with Crippen LogP contribution >= 0.6 is 0 Å². The van der Waals surface area contributed by atoms with E-state index in [1.54, 1.807) is 41.3 Å². The van der Waals surface area contributed by atoms with Gasteiger partial charge in [-0.05, 0) is 43.5 Å². The van der Waals surface area contributed by atoms with Crippen LogP contribution in [0.2, 0.25) is 0 Å². The first-order valence-electron chi connectivity index (χ1n) is 10.3. The summed E-state index contributed by atoms with van der Waals surface area (Å²) in [5.74, 6) is 0.326. The zero-order chi connectivity index (χ0) is 21.3. The fraction of sp³-hybridized carbons (Fsp3) is 0.524. The molecule has 2 aliphatic heterocycles. The molecule has 0 saturated carbocycles. The third kappa shape index (κ3) is 4.01. The standard InChI is InChI=1S/C21H26FN5O3/c1-14-9-17(30-2)5-6-18(14)20(28)27-11-15(22)10-16(27)12-26-13-19(23-24-26)21(29)25-7-3-4-8-25/h5-6,9,13,15-16H,3-4,7-8,10-12H2,1-2H3. The van der Waals surface area contributed by atoms with Gasteiger partial charge in [0.25, 0.3) is 11.8 Å². The third-order valence-corrected chi connectivity index (χ3v) is 5.84. The number of ether oxygens (including phenoxy) is 1. The zero-order valence-corrected chi connectivity index (χ0v) is 17.3. The van der Waals surface area contributed by atoms with E-state index in [0.717, 1.165) is 31.5 Å². The molecule has 0 aliphatic carbocycles. The highest BCUT2D eigenvalue weighted by Gasteiger charge is 2.37. The second kappa shape index (κ2) is 8.41. The number of alkyl halides is 1. The maximum atomic E-state index is 14.2. The lowest BCUT2D eigenvalue weighted by molar-refractivity contribution is 0.0712. The van der Waals surface area contributed by atoms with E-state index < -0.39 is 6.17 Å². The Balaban J connectivity index is 1.48. The fourth-order valence-corrected chi connectivity index (χ4v) is 4.22. The maximum Gasteiger partial charge on any atom is 0.276 e. The molecule has 3 heterocycles. The van der Waals surface area contributed by atoms with Crippen LogP contribution in [0.1, 0.15) is 45.7 Å². The molecule has 0 radical (unpaired) electrons. The van der Waals surface area contributed by atoms with E-state index in [4.69, 9.17) is 4.74 Å². The largest absolute Gasteiger partial charge is 0.497 e. The van der Waals surface area contributed by atoms with Crippen molar-refractivity contribution in [3.8, 4) is 5.75 Å². The summed E-state index contributed by atoms with van der Waals surface area (Å²) in [5, 5.41) is 8.04. The minimum atomic E-state index is -1.09. The average Bonchev–Trinajstić information content (AvgIpc) is 3.48.